The number of carbonyl (C=O) groups excluding carboxylic acids is 1. The minimum atomic E-state index is -0.0395. The van der Waals surface area contributed by atoms with Gasteiger partial charge in [-0.15, -0.1) is 11.8 Å². The Bertz CT molecular complexity index is 731. The average molecular weight is 377 g/mol. The van der Waals surface area contributed by atoms with E-state index in [-0.39, 0.29) is 5.91 Å². The zero-order valence-corrected chi connectivity index (χ0v) is 15.7. The maximum atomic E-state index is 12.4. The van der Waals surface area contributed by atoms with Gasteiger partial charge in [-0.25, -0.2) is 0 Å². The fourth-order valence-corrected chi connectivity index (χ4v) is 3.53. The molecule has 25 heavy (non-hydrogen) atoms. The quantitative estimate of drug-likeness (QED) is 0.793. The smallest absolute Gasteiger partial charge is 0.234 e. The molecule has 1 saturated heterocycles. The number of aryl methyl sites for hydroxylation is 1. The van der Waals surface area contributed by atoms with E-state index in [9.17, 15) is 4.79 Å². The predicted molar refractivity (Wildman–Crippen MR) is 105 cm³/mol. The third kappa shape index (κ3) is 5.14. The number of amides is 1. The molecular weight excluding hydrogens is 356 g/mol. The third-order valence-electron chi connectivity index (χ3n) is 3.98. The number of rotatable bonds is 5. The molecule has 0 aliphatic carbocycles. The van der Waals surface area contributed by atoms with Crippen molar-refractivity contribution in [1.29, 1.82) is 0 Å². The summed E-state index contributed by atoms with van der Waals surface area (Å²) in [6, 6.07) is 13.8. The highest BCUT2D eigenvalue weighted by molar-refractivity contribution is 8.00. The van der Waals surface area contributed by atoms with Crippen molar-refractivity contribution in [3.63, 3.8) is 0 Å². The Balaban J connectivity index is 1.65. The molecule has 3 rings (SSSR count). The second kappa shape index (κ2) is 8.61. The highest BCUT2D eigenvalue weighted by atomic mass is 35.5. The van der Waals surface area contributed by atoms with Crippen LogP contribution in [0.5, 0.6) is 0 Å². The zero-order chi connectivity index (χ0) is 17.6. The summed E-state index contributed by atoms with van der Waals surface area (Å²) in [4.78, 5) is 15.7. The molecule has 0 saturated carbocycles. The Morgan fingerprint density at radius 3 is 2.64 bits per heavy atom. The van der Waals surface area contributed by atoms with Crippen LogP contribution in [0.3, 0.4) is 0 Å². The van der Waals surface area contributed by atoms with Crippen LogP contribution in [0, 0.1) is 6.92 Å². The van der Waals surface area contributed by atoms with Gasteiger partial charge < -0.3 is 15.0 Å². The van der Waals surface area contributed by atoms with Crippen LogP contribution in [0.1, 0.15) is 5.56 Å². The van der Waals surface area contributed by atoms with Crippen LogP contribution in [0.2, 0.25) is 5.02 Å². The molecule has 0 bridgehead atoms. The fraction of sp³-hybridized carbons (Fsp3) is 0.316. The van der Waals surface area contributed by atoms with Crippen molar-refractivity contribution >= 4 is 40.6 Å². The van der Waals surface area contributed by atoms with Crippen molar-refractivity contribution in [2.45, 2.75) is 11.8 Å². The lowest BCUT2D eigenvalue weighted by Crippen LogP contribution is -2.36. The molecule has 0 atom stereocenters. The van der Waals surface area contributed by atoms with E-state index < -0.39 is 0 Å². The van der Waals surface area contributed by atoms with Gasteiger partial charge in [0, 0.05) is 23.0 Å². The van der Waals surface area contributed by atoms with Gasteiger partial charge in [0.1, 0.15) is 0 Å². The number of hydrogen-bond donors (Lipinski definition) is 1. The summed E-state index contributed by atoms with van der Waals surface area (Å²) in [6.45, 7) is 5.05. The molecule has 1 aliphatic heterocycles. The van der Waals surface area contributed by atoms with Crippen LogP contribution < -0.4 is 10.2 Å². The second-order valence-corrected chi connectivity index (χ2v) is 7.40. The number of hydrogen-bond acceptors (Lipinski definition) is 4. The number of nitrogens with zero attached hydrogens (tertiary/aromatic N) is 1. The first-order valence-corrected chi connectivity index (χ1v) is 9.60. The van der Waals surface area contributed by atoms with Crippen LogP contribution in [0.25, 0.3) is 0 Å². The molecule has 1 N–H and O–H groups in total. The minimum absolute atomic E-state index is 0.0395. The van der Waals surface area contributed by atoms with Gasteiger partial charge in [-0.3, -0.25) is 4.79 Å². The molecule has 6 heteroatoms. The zero-order valence-electron chi connectivity index (χ0n) is 14.1. The highest BCUT2D eigenvalue weighted by Gasteiger charge is 2.16. The lowest BCUT2D eigenvalue weighted by atomic mass is 10.2. The molecule has 0 spiro atoms. The lowest BCUT2D eigenvalue weighted by Gasteiger charge is -2.30. The summed E-state index contributed by atoms with van der Waals surface area (Å²) in [7, 11) is 0. The number of morpholine rings is 1. The molecule has 1 amide bonds. The van der Waals surface area contributed by atoms with Gasteiger partial charge in [0.25, 0.3) is 0 Å². The summed E-state index contributed by atoms with van der Waals surface area (Å²) < 4.78 is 5.40. The molecule has 2 aromatic rings. The van der Waals surface area contributed by atoms with E-state index in [1.54, 1.807) is 6.07 Å². The SMILES string of the molecule is Cc1ccc(SCC(=O)Nc2cc(Cl)ccc2N2CCOCC2)cc1. The van der Waals surface area contributed by atoms with Crippen LogP contribution in [0.4, 0.5) is 11.4 Å². The molecular formula is C19H21ClN2O2S. The maximum absolute atomic E-state index is 12.4. The summed E-state index contributed by atoms with van der Waals surface area (Å²) in [5.74, 6) is 0.320. The topological polar surface area (TPSA) is 41.6 Å². The Kier molecular flexibility index (Phi) is 6.24. The van der Waals surface area contributed by atoms with Crippen molar-refractivity contribution in [1.82, 2.24) is 0 Å². The van der Waals surface area contributed by atoms with Crippen LogP contribution in [0.15, 0.2) is 47.4 Å². The average Bonchev–Trinajstić information content (AvgIpc) is 2.62. The number of ether oxygens (including phenoxy) is 1. The lowest BCUT2D eigenvalue weighted by molar-refractivity contribution is -0.113. The van der Waals surface area contributed by atoms with Crippen LogP contribution in [-0.4, -0.2) is 38.0 Å². The number of benzene rings is 2. The van der Waals surface area contributed by atoms with Gasteiger partial charge in [-0.2, -0.15) is 0 Å². The molecule has 0 unspecified atom stereocenters. The first kappa shape index (κ1) is 18.1. The van der Waals surface area contributed by atoms with E-state index in [1.165, 1.54) is 17.3 Å². The first-order valence-electron chi connectivity index (χ1n) is 8.23. The van der Waals surface area contributed by atoms with Gasteiger partial charge in [-0.05, 0) is 37.3 Å². The molecule has 1 aliphatic rings. The van der Waals surface area contributed by atoms with Gasteiger partial charge in [0.05, 0.1) is 30.3 Å². The Morgan fingerprint density at radius 1 is 1.20 bits per heavy atom. The molecule has 1 fully saturated rings. The summed E-state index contributed by atoms with van der Waals surface area (Å²) in [5.41, 5.74) is 2.95. The molecule has 0 aromatic heterocycles. The van der Waals surface area contributed by atoms with Crippen molar-refractivity contribution in [3.8, 4) is 0 Å². The Hall–Kier alpha value is -1.69. The standard InChI is InChI=1S/C19H21ClN2O2S/c1-14-2-5-16(6-3-14)25-13-19(23)21-17-12-15(20)4-7-18(17)22-8-10-24-11-9-22/h2-7,12H,8-11,13H2,1H3,(H,21,23). The van der Waals surface area contributed by atoms with Crippen LogP contribution in [-0.2, 0) is 9.53 Å². The van der Waals surface area contributed by atoms with Crippen molar-refractivity contribution in [2.24, 2.45) is 0 Å². The Morgan fingerprint density at radius 2 is 1.92 bits per heavy atom. The van der Waals surface area contributed by atoms with E-state index in [0.29, 0.717) is 24.0 Å². The number of nitrogens with one attached hydrogen (secondary N) is 1. The van der Waals surface area contributed by atoms with Crippen LogP contribution >= 0.6 is 23.4 Å². The van der Waals surface area contributed by atoms with Crippen molar-refractivity contribution in [2.75, 3.05) is 42.3 Å². The fourth-order valence-electron chi connectivity index (χ4n) is 2.66. The van der Waals surface area contributed by atoms with Crippen molar-refractivity contribution in [3.05, 3.63) is 53.1 Å². The van der Waals surface area contributed by atoms with E-state index in [2.05, 4.69) is 10.2 Å². The number of thioether (sulfide) groups is 1. The van der Waals surface area contributed by atoms with Gasteiger partial charge in [0.2, 0.25) is 5.91 Å². The van der Waals surface area contributed by atoms with Gasteiger partial charge >= 0.3 is 0 Å². The van der Waals surface area contributed by atoms with E-state index >= 15 is 0 Å². The molecule has 2 aromatic carbocycles. The largest absolute Gasteiger partial charge is 0.378 e. The predicted octanol–water partition coefficient (Wildman–Crippen LogP) is 4.22. The number of anilines is 2. The summed E-state index contributed by atoms with van der Waals surface area (Å²) in [6.07, 6.45) is 0. The molecule has 4 nitrogen and oxygen atoms in total. The normalized spacial score (nSPS) is 14.4. The van der Waals surface area contributed by atoms with E-state index in [1.807, 2.05) is 43.3 Å². The number of carbonyl (C=O) groups is 1. The second-order valence-electron chi connectivity index (χ2n) is 5.91. The third-order valence-corrected chi connectivity index (χ3v) is 5.22. The van der Waals surface area contributed by atoms with E-state index in [0.717, 1.165) is 29.4 Å². The highest BCUT2D eigenvalue weighted by Crippen LogP contribution is 2.30. The van der Waals surface area contributed by atoms with Crippen molar-refractivity contribution < 1.29 is 9.53 Å². The summed E-state index contributed by atoms with van der Waals surface area (Å²) >= 11 is 7.65. The molecule has 1 heterocycles. The first-order chi connectivity index (χ1) is 12.1. The monoisotopic (exact) mass is 376 g/mol. The molecule has 132 valence electrons. The van der Waals surface area contributed by atoms with Gasteiger partial charge in [-0.1, -0.05) is 29.3 Å². The van der Waals surface area contributed by atoms with E-state index in [4.69, 9.17) is 16.3 Å². The number of halogens is 1. The Labute approximate surface area is 157 Å². The summed E-state index contributed by atoms with van der Waals surface area (Å²) in [5, 5.41) is 3.61. The minimum Gasteiger partial charge on any atom is -0.378 e. The van der Waals surface area contributed by atoms with Gasteiger partial charge in [0.15, 0.2) is 0 Å². The maximum Gasteiger partial charge on any atom is 0.234 e. The molecule has 0 radical (unpaired) electrons.